The molecular formula is C42H42N14. The molecule has 0 aliphatic rings. The Bertz CT molecular complexity index is 2320. The number of nitrogens with zero attached hydrogens (tertiary/aromatic N) is 10. The number of aromatic nitrogens is 10. The van der Waals surface area contributed by atoms with Crippen LogP contribution in [0.4, 0.5) is 23.8 Å². The zero-order valence-corrected chi connectivity index (χ0v) is 31.2. The number of rotatable bonds is 10. The zero-order chi connectivity index (χ0) is 39.0. The van der Waals surface area contributed by atoms with Gasteiger partial charge >= 0.3 is 0 Å². The number of anilines is 4. The smallest absolute Gasteiger partial charge is 0.225 e. The molecule has 8 rings (SSSR count). The number of nitrogen functional groups attached to an aromatic ring is 4. The molecule has 0 bridgehead atoms. The van der Waals surface area contributed by atoms with Crippen LogP contribution in [0.3, 0.4) is 0 Å². The SMILES string of the molecule is Cc1nc(-c2ccccc2)c(-c2ccccc2)n1CCc1nc(N)nc(N)n1.Cc1nc(-c2ccccc2)c(-c2ccccc2)n1CCc1nc(N)nc(N)n1. The van der Waals surface area contributed by atoms with E-state index >= 15 is 0 Å². The lowest BCUT2D eigenvalue weighted by molar-refractivity contribution is 0.656. The molecule has 14 nitrogen and oxygen atoms in total. The third-order valence-electron chi connectivity index (χ3n) is 9.06. The van der Waals surface area contributed by atoms with E-state index < -0.39 is 0 Å². The van der Waals surface area contributed by atoms with Crippen molar-refractivity contribution in [1.82, 2.24) is 49.0 Å². The molecule has 4 heterocycles. The largest absolute Gasteiger partial charge is 0.368 e. The van der Waals surface area contributed by atoms with E-state index in [1.54, 1.807) is 0 Å². The van der Waals surface area contributed by atoms with E-state index in [9.17, 15) is 0 Å². The van der Waals surface area contributed by atoms with Crippen molar-refractivity contribution in [3.63, 3.8) is 0 Å². The topological polar surface area (TPSA) is 217 Å². The van der Waals surface area contributed by atoms with E-state index in [0.717, 1.165) is 56.7 Å². The highest BCUT2D eigenvalue weighted by Gasteiger charge is 2.20. The van der Waals surface area contributed by atoms with Crippen molar-refractivity contribution < 1.29 is 0 Å². The number of aryl methyl sites for hydroxylation is 4. The standard InChI is InChI=1S/2C21H21N7/c2*1-14-24-18(15-8-4-2-5-9-15)19(16-10-6-3-7-11-16)28(14)13-12-17-25-20(22)27-21(23)26-17/h2*2-11H,12-13H2,1H3,(H4,22,23,25,26,27). The first-order chi connectivity index (χ1) is 27.2. The highest BCUT2D eigenvalue weighted by Crippen LogP contribution is 2.34. The van der Waals surface area contributed by atoms with Gasteiger partial charge in [-0.05, 0) is 13.8 Å². The Morgan fingerprint density at radius 1 is 0.375 bits per heavy atom. The summed E-state index contributed by atoms with van der Waals surface area (Å²) in [5.41, 5.74) is 31.2. The lowest BCUT2D eigenvalue weighted by atomic mass is 10.0. The monoisotopic (exact) mass is 742 g/mol. The molecule has 0 fully saturated rings. The van der Waals surface area contributed by atoms with Gasteiger partial charge in [0.2, 0.25) is 23.8 Å². The maximum atomic E-state index is 5.70. The second kappa shape index (κ2) is 16.7. The minimum Gasteiger partial charge on any atom is -0.368 e. The van der Waals surface area contributed by atoms with Crippen LogP contribution in [0.15, 0.2) is 121 Å². The molecule has 0 saturated carbocycles. The molecule has 0 aliphatic heterocycles. The molecule has 14 heteroatoms. The van der Waals surface area contributed by atoms with Gasteiger partial charge in [0.25, 0.3) is 0 Å². The summed E-state index contributed by atoms with van der Waals surface area (Å²) in [6.07, 6.45) is 1.14. The summed E-state index contributed by atoms with van der Waals surface area (Å²) in [5, 5.41) is 0. The third kappa shape index (κ3) is 8.50. The summed E-state index contributed by atoms with van der Waals surface area (Å²) in [6.45, 7) is 5.32. The molecule has 280 valence electrons. The molecule has 56 heavy (non-hydrogen) atoms. The van der Waals surface area contributed by atoms with Crippen LogP contribution in [-0.2, 0) is 25.9 Å². The number of benzene rings is 4. The Hall–Kier alpha value is -7.48. The van der Waals surface area contributed by atoms with Gasteiger partial charge in [-0.15, -0.1) is 0 Å². The first-order valence-electron chi connectivity index (χ1n) is 18.1. The first-order valence-corrected chi connectivity index (χ1v) is 18.1. The average molecular weight is 743 g/mol. The Balaban J connectivity index is 0.000000172. The molecule has 0 amide bonds. The van der Waals surface area contributed by atoms with Gasteiger partial charge in [-0.1, -0.05) is 121 Å². The van der Waals surface area contributed by atoms with Gasteiger partial charge in [0, 0.05) is 48.2 Å². The van der Waals surface area contributed by atoms with Crippen LogP contribution in [0.2, 0.25) is 0 Å². The van der Waals surface area contributed by atoms with Crippen molar-refractivity contribution in [3.05, 3.63) is 145 Å². The van der Waals surface area contributed by atoms with Crippen molar-refractivity contribution in [2.24, 2.45) is 0 Å². The molecule has 8 aromatic rings. The summed E-state index contributed by atoms with van der Waals surface area (Å²) in [7, 11) is 0. The van der Waals surface area contributed by atoms with Crippen molar-refractivity contribution in [2.75, 3.05) is 22.9 Å². The van der Waals surface area contributed by atoms with Crippen LogP contribution < -0.4 is 22.9 Å². The normalized spacial score (nSPS) is 10.9. The lowest BCUT2D eigenvalue weighted by Gasteiger charge is -2.12. The molecule has 0 unspecified atom stereocenters. The summed E-state index contributed by atoms with van der Waals surface area (Å²) < 4.78 is 4.38. The van der Waals surface area contributed by atoms with Crippen LogP contribution in [0, 0.1) is 13.8 Å². The fourth-order valence-corrected chi connectivity index (χ4v) is 6.61. The van der Waals surface area contributed by atoms with E-state index in [1.807, 2.05) is 86.6 Å². The van der Waals surface area contributed by atoms with Gasteiger partial charge in [0.1, 0.15) is 23.3 Å². The second-order valence-electron chi connectivity index (χ2n) is 12.9. The Kier molecular flexibility index (Phi) is 11.0. The Morgan fingerprint density at radius 2 is 0.661 bits per heavy atom. The third-order valence-corrected chi connectivity index (χ3v) is 9.06. The van der Waals surface area contributed by atoms with Crippen LogP contribution in [0.25, 0.3) is 45.0 Å². The lowest BCUT2D eigenvalue weighted by Crippen LogP contribution is -2.11. The van der Waals surface area contributed by atoms with Crippen molar-refractivity contribution >= 4 is 23.8 Å². The summed E-state index contributed by atoms with van der Waals surface area (Å²) >= 11 is 0. The number of hydrogen-bond donors (Lipinski definition) is 4. The van der Waals surface area contributed by atoms with E-state index in [4.69, 9.17) is 32.9 Å². The van der Waals surface area contributed by atoms with E-state index in [2.05, 4.69) is 87.6 Å². The predicted octanol–water partition coefficient (Wildman–Crippen LogP) is 6.24. The summed E-state index contributed by atoms with van der Waals surface area (Å²) in [4.78, 5) is 34.1. The maximum Gasteiger partial charge on any atom is 0.225 e. The molecular weight excluding hydrogens is 701 g/mol. The van der Waals surface area contributed by atoms with E-state index in [-0.39, 0.29) is 23.8 Å². The quantitative estimate of drug-likeness (QED) is 0.123. The average Bonchev–Trinajstić information content (AvgIpc) is 3.72. The fourth-order valence-electron chi connectivity index (χ4n) is 6.61. The van der Waals surface area contributed by atoms with Gasteiger partial charge in [-0.2, -0.15) is 29.9 Å². The number of imidazole rings is 2. The number of hydrogen-bond acceptors (Lipinski definition) is 12. The molecule has 4 aromatic carbocycles. The van der Waals surface area contributed by atoms with Gasteiger partial charge in [-0.25, -0.2) is 9.97 Å². The van der Waals surface area contributed by atoms with Gasteiger partial charge in [-0.3, -0.25) is 0 Å². The second-order valence-corrected chi connectivity index (χ2v) is 12.9. The summed E-state index contributed by atoms with van der Waals surface area (Å²) in [6, 6.07) is 40.9. The van der Waals surface area contributed by atoms with Gasteiger partial charge in [0.05, 0.1) is 22.8 Å². The fraction of sp³-hybridized carbons (Fsp3) is 0.143. The van der Waals surface area contributed by atoms with E-state index in [1.165, 1.54) is 0 Å². The van der Waals surface area contributed by atoms with Crippen molar-refractivity contribution in [3.8, 4) is 45.0 Å². The molecule has 4 aromatic heterocycles. The van der Waals surface area contributed by atoms with Crippen LogP contribution >= 0.6 is 0 Å². The summed E-state index contributed by atoms with van der Waals surface area (Å²) in [5.74, 6) is 3.53. The minimum atomic E-state index is 0.137. The highest BCUT2D eigenvalue weighted by molar-refractivity contribution is 5.80. The molecule has 8 N–H and O–H groups in total. The molecule has 0 saturated heterocycles. The van der Waals surface area contributed by atoms with Gasteiger partial charge in [0.15, 0.2) is 0 Å². The Morgan fingerprint density at radius 3 is 0.964 bits per heavy atom. The van der Waals surface area contributed by atoms with Crippen LogP contribution in [0.1, 0.15) is 23.3 Å². The first kappa shape index (κ1) is 36.9. The predicted molar refractivity (Wildman–Crippen MR) is 220 cm³/mol. The zero-order valence-electron chi connectivity index (χ0n) is 31.2. The van der Waals surface area contributed by atoms with Gasteiger partial charge < -0.3 is 32.1 Å². The Labute approximate surface area is 324 Å². The maximum absolute atomic E-state index is 5.70. The minimum absolute atomic E-state index is 0.137. The molecule has 0 aliphatic carbocycles. The molecule has 0 spiro atoms. The van der Waals surface area contributed by atoms with Crippen LogP contribution in [-0.4, -0.2) is 49.0 Å². The van der Waals surface area contributed by atoms with Crippen molar-refractivity contribution in [1.29, 1.82) is 0 Å². The molecule has 0 atom stereocenters. The highest BCUT2D eigenvalue weighted by atomic mass is 15.2. The number of nitrogens with two attached hydrogens (primary N) is 4. The van der Waals surface area contributed by atoms with Crippen LogP contribution in [0.5, 0.6) is 0 Å². The van der Waals surface area contributed by atoms with E-state index in [0.29, 0.717) is 37.6 Å². The van der Waals surface area contributed by atoms with Crippen molar-refractivity contribution in [2.45, 2.75) is 39.8 Å². The molecule has 0 radical (unpaired) electrons.